The lowest BCUT2D eigenvalue weighted by molar-refractivity contribution is 0.0784. The Morgan fingerprint density at radius 3 is 2.67 bits per heavy atom. The first-order valence-corrected chi connectivity index (χ1v) is 10.2. The van der Waals surface area contributed by atoms with Crippen molar-refractivity contribution in [2.75, 3.05) is 17.8 Å². The number of nitrogens with zero attached hydrogens (tertiary/aromatic N) is 2. The molecule has 1 aliphatic rings. The zero-order valence-corrected chi connectivity index (χ0v) is 15.6. The fourth-order valence-electron chi connectivity index (χ4n) is 3.23. The molecule has 1 aliphatic heterocycles. The molecule has 0 radical (unpaired) electrons. The summed E-state index contributed by atoms with van der Waals surface area (Å²) in [5.74, 6) is -0.229. The molecule has 0 saturated carbocycles. The van der Waals surface area contributed by atoms with E-state index in [1.54, 1.807) is 23.1 Å². The van der Waals surface area contributed by atoms with Crippen LogP contribution in [0.5, 0.6) is 0 Å². The molecule has 0 bridgehead atoms. The molecule has 0 unspecified atom stereocenters. The van der Waals surface area contributed by atoms with E-state index in [2.05, 4.69) is 9.88 Å². The second-order valence-electron chi connectivity index (χ2n) is 6.66. The van der Waals surface area contributed by atoms with Gasteiger partial charge in [0.1, 0.15) is 0 Å². The number of aryl methyl sites for hydroxylation is 1. The number of aromatic nitrogens is 1. The van der Waals surface area contributed by atoms with Crippen LogP contribution >= 0.6 is 0 Å². The number of fused-ring (bicyclic) bond motifs is 1. The Bertz CT molecular complexity index is 1110. The molecule has 7 nitrogen and oxygen atoms in total. The van der Waals surface area contributed by atoms with Crippen LogP contribution in [0.3, 0.4) is 0 Å². The molecular formula is C19H19N3O4S. The van der Waals surface area contributed by atoms with Crippen LogP contribution in [-0.2, 0) is 10.0 Å². The topological polar surface area (TPSA) is 92.5 Å². The molecule has 1 saturated heterocycles. The van der Waals surface area contributed by atoms with Crippen LogP contribution in [-0.4, -0.2) is 37.5 Å². The van der Waals surface area contributed by atoms with E-state index in [0.29, 0.717) is 29.7 Å². The summed E-state index contributed by atoms with van der Waals surface area (Å²) in [4.78, 5) is 14.4. The normalized spacial score (nSPS) is 14.6. The number of anilines is 1. The lowest BCUT2D eigenvalue weighted by atomic mass is 10.2. The van der Waals surface area contributed by atoms with Crippen molar-refractivity contribution in [1.82, 2.24) is 10.1 Å². The number of carbonyl (C=O) groups excluding carboxylic acids is 1. The van der Waals surface area contributed by atoms with Gasteiger partial charge in [0.15, 0.2) is 11.3 Å². The van der Waals surface area contributed by atoms with E-state index in [1.165, 1.54) is 18.2 Å². The maximum Gasteiger partial charge on any atom is 0.276 e. The van der Waals surface area contributed by atoms with Crippen molar-refractivity contribution in [2.45, 2.75) is 24.7 Å². The number of sulfonamides is 1. The molecule has 8 heteroatoms. The standard InChI is InChI=1S/C19H19N3O4S/c1-13-5-4-6-14(11-13)21-27(24,25)15-7-8-17-16(12-15)18(20-26-17)19(23)22-9-2-3-10-22/h4-8,11-12,21H,2-3,9-10H2,1H3. The average molecular weight is 385 g/mol. The highest BCUT2D eigenvalue weighted by Gasteiger charge is 2.26. The third-order valence-electron chi connectivity index (χ3n) is 4.62. The zero-order chi connectivity index (χ0) is 19.0. The number of nitrogens with one attached hydrogen (secondary N) is 1. The highest BCUT2D eigenvalue weighted by molar-refractivity contribution is 7.92. The van der Waals surface area contributed by atoms with Crippen molar-refractivity contribution in [3.63, 3.8) is 0 Å². The maximum atomic E-state index is 12.8. The van der Waals surface area contributed by atoms with Gasteiger partial charge in [0.2, 0.25) is 0 Å². The fraction of sp³-hybridized carbons (Fsp3) is 0.263. The van der Waals surface area contributed by atoms with E-state index in [-0.39, 0.29) is 16.5 Å². The number of hydrogen-bond donors (Lipinski definition) is 1. The highest BCUT2D eigenvalue weighted by atomic mass is 32.2. The SMILES string of the molecule is Cc1cccc(NS(=O)(=O)c2ccc3onc(C(=O)N4CCCC4)c3c2)c1. The Balaban J connectivity index is 1.70. The van der Waals surface area contributed by atoms with Gasteiger partial charge in [-0.05, 0) is 55.7 Å². The zero-order valence-electron chi connectivity index (χ0n) is 14.8. The van der Waals surface area contributed by atoms with Crippen LogP contribution in [0.1, 0.15) is 28.9 Å². The van der Waals surface area contributed by atoms with Gasteiger partial charge in [0.25, 0.3) is 15.9 Å². The third-order valence-corrected chi connectivity index (χ3v) is 6.00. The van der Waals surface area contributed by atoms with Crippen LogP contribution in [0.4, 0.5) is 5.69 Å². The van der Waals surface area contributed by atoms with E-state index >= 15 is 0 Å². The molecule has 0 atom stereocenters. The molecule has 1 amide bonds. The largest absolute Gasteiger partial charge is 0.355 e. The summed E-state index contributed by atoms with van der Waals surface area (Å²) in [6.07, 6.45) is 1.92. The summed E-state index contributed by atoms with van der Waals surface area (Å²) >= 11 is 0. The number of hydrogen-bond acceptors (Lipinski definition) is 5. The molecule has 1 aromatic heterocycles. The smallest absolute Gasteiger partial charge is 0.276 e. The summed E-state index contributed by atoms with van der Waals surface area (Å²) in [5, 5.41) is 4.28. The highest BCUT2D eigenvalue weighted by Crippen LogP contribution is 2.26. The Labute approximate surface area is 157 Å². The van der Waals surface area contributed by atoms with Crippen molar-refractivity contribution in [3.8, 4) is 0 Å². The summed E-state index contributed by atoms with van der Waals surface area (Å²) in [6.45, 7) is 3.25. The average Bonchev–Trinajstić information content (AvgIpc) is 3.30. The van der Waals surface area contributed by atoms with Gasteiger partial charge in [-0.15, -0.1) is 0 Å². The van der Waals surface area contributed by atoms with Crippen molar-refractivity contribution in [2.24, 2.45) is 0 Å². The molecular weight excluding hydrogens is 366 g/mol. The van der Waals surface area contributed by atoms with Gasteiger partial charge in [0, 0.05) is 18.8 Å². The van der Waals surface area contributed by atoms with Crippen molar-refractivity contribution >= 4 is 32.6 Å². The predicted octanol–water partition coefficient (Wildman–Crippen LogP) is 3.17. The number of likely N-dealkylation sites (tertiary alicyclic amines) is 1. The van der Waals surface area contributed by atoms with E-state index < -0.39 is 10.0 Å². The molecule has 1 N–H and O–H groups in total. The lowest BCUT2D eigenvalue weighted by Crippen LogP contribution is -2.28. The van der Waals surface area contributed by atoms with Crippen LogP contribution in [0.15, 0.2) is 51.9 Å². The maximum absolute atomic E-state index is 12.8. The second-order valence-corrected chi connectivity index (χ2v) is 8.35. The minimum Gasteiger partial charge on any atom is -0.355 e. The predicted molar refractivity (Wildman–Crippen MR) is 101 cm³/mol. The molecule has 140 valence electrons. The first-order valence-electron chi connectivity index (χ1n) is 8.72. The van der Waals surface area contributed by atoms with Crippen molar-refractivity contribution in [1.29, 1.82) is 0 Å². The Hall–Kier alpha value is -2.87. The van der Waals surface area contributed by atoms with Crippen LogP contribution < -0.4 is 4.72 Å². The summed E-state index contributed by atoms with van der Waals surface area (Å²) in [6, 6.07) is 11.5. The van der Waals surface area contributed by atoms with Crippen LogP contribution in [0.25, 0.3) is 11.0 Å². The van der Waals surface area contributed by atoms with Crippen molar-refractivity contribution in [3.05, 3.63) is 53.7 Å². The third kappa shape index (κ3) is 3.40. The van der Waals surface area contributed by atoms with Gasteiger partial charge in [0.05, 0.1) is 10.3 Å². The summed E-state index contributed by atoms with van der Waals surface area (Å²) < 4.78 is 33.3. The minimum atomic E-state index is -3.81. The number of carbonyl (C=O) groups is 1. The summed E-state index contributed by atoms with van der Waals surface area (Å²) in [7, 11) is -3.81. The van der Waals surface area contributed by atoms with Gasteiger partial charge in [-0.25, -0.2) is 8.42 Å². The van der Waals surface area contributed by atoms with Gasteiger partial charge >= 0.3 is 0 Å². The van der Waals surface area contributed by atoms with E-state index in [4.69, 9.17) is 4.52 Å². The molecule has 2 heterocycles. The molecule has 0 spiro atoms. The van der Waals surface area contributed by atoms with Crippen LogP contribution in [0, 0.1) is 6.92 Å². The molecule has 27 heavy (non-hydrogen) atoms. The first-order chi connectivity index (χ1) is 12.9. The van der Waals surface area contributed by atoms with Gasteiger partial charge < -0.3 is 9.42 Å². The molecule has 0 aliphatic carbocycles. The van der Waals surface area contributed by atoms with E-state index in [9.17, 15) is 13.2 Å². The Morgan fingerprint density at radius 2 is 1.93 bits per heavy atom. The monoisotopic (exact) mass is 385 g/mol. The molecule has 2 aromatic carbocycles. The lowest BCUT2D eigenvalue weighted by Gasteiger charge is -2.13. The Morgan fingerprint density at radius 1 is 1.15 bits per heavy atom. The Kier molecular flexibility index (Phi) is 4.35. The summed E-state index contributed by atoms with van der Waals surface area (Å²) in [5.41, 5.74) is 1.96. The fourth-order valence-corrected chi connectivity index (χ4v) is 4.31. The van der Waals surface area contributed by atoms with E-state index in [0.717, 1.165) is 18.4 Å². The van der Waals surface area contributed by atoms with Gasteiger partial charge in [-0.1, -0.05) is 17.3 Å². The van der Waals surface area contributed by atoms with Gasteiger partial charge in [-0.2, -0.15) is 0 Å². The quantitative estimate of drug-likeness (QED) is 0.745. The molecule has 4 rings (SSSR count). The van der Waals surface area contributed by atoms with Gasteiger partial charge in [-0.3, -0.25) is 9.52 Å². The number of benzene rings is 2. The van der Waals surface area contributed by atoms with Crippen LogP contribution in [0.2, 0.25) is 0 Å². The first kappa shape index (κ1) is 17.5. The number of rotatable bonds is 4. The second kappa shape index (κ2) is 6.70. The van der Waals surface area contributed by atoms with E-state index in [1.807, 2.05) is 13.0 Å². The molecule has 1 fully saturated rings. The van der Waals surface area contributed by atoms with Crippen molar-refractivity contribution < 1.29 is 17.7 Å². The molecule has 3 aromatic rings. The number of amides is 1. The minimum absolute atomic E-state index is 0.0511.